The largest absolute Gasteiger partial charge is 0.480 e. The molecule has 0 aliphatic rings. The molecule has 26 heavy (non-hydrogen) atoms. The van der Waals surface area contributed by atoms with Gasteiger partial charge in [0.05, 0.1) is 0 Å². The molecule has 0 aromatic rings. The molecule has 0 saturated heterocycles. The number of hydrogen-bond donors (Lipinski definition) is 2. The van der Waals surface area contributed by atoms with Gasteiger partial charge < -0.3 is 10.8 Å². The normalized spacial score (nSPS) is 15.1. The summed E-state index contributed by atoms with van der Waals surface area (Å²) in [5.74, 6) is -1.91. The first kappa shape index (κ1) is 24.8. The lowest BCUT2D eigenvalue weighted by Crippen LogP contribution is -2.54. The van der Waals surface area contributed by atoms with E-state index in [0.717, 1.165) is 25.7 Å². The number of allylic oxidation sites excluding steroid dienone is 2. The molecule has 0 bridgehead atoms. The number of unbranched alkanes of at least 4 members (excludes halogenated alkanes) is 10. The van der Waals surface area contributed by atoms with E-state index in [-0.39, 0.29) is 11.7 Å². The van der Waals surface area contributed by atoms with Crippen LogP contribution in [0.4, 0.5) is 0 Å². The van der Waals surface area contributed by atoms with Crippen LogP contribution >= 0.6 is 0 Å². The molecule has 0 amide bonds. The van der Waals surface area contributed by atoms with Gasteiger partial charge in [0.2, 0.25) is 0 Å². The molecule has 152 valence electrons. The summed E-state index contributed by atoms with van der Waals surface area (Å²) < 4.78 is 0. The Labute approximate surface area is 160 Å². The first-order valence-corrected chi connectivity index (χ1v) is 10.6. The Morgan fingerprint density at radius 3 is 1.88 bits per heavy atom. The third kappa shape index (κ3) is 11.5. The van der Waals surface area contributed by atoms with Gasteiger partial charge in [0.25, 0.3) is 0 Å². The minimum absolute atomic E-state index is 0.293. The van der Waals surface area contributed by atoms with Crippen molar-refractivity contribution in [2.24, 2.45) is 11.7 Å². The zero-order chi connectivity index (χ0) is 19.8. The van der Waals surface area contributed by atoms with E-state index in [9.17, 15) is 9.59 Å². The molecule has 0 saturated carbocycles. The quantitative estimate of drug-likeness (QED) is 0.198. The molecule has 3 N–H and O–H groups in total. The summed E-state index contributed by atoms with van der Waals surface area (Å²) in [6.07, 6.45) is 20.1. The Morgan fingerprint density at radius 1 is 0.923 bits per heavy atom. The second-order valence-electron chi connectivity index (χ2n) is 7.79. The van der Waals surface area contributed by atoms with Crippen LogP contribution in [0.15, 0.2) is 12.2 Å². The number of ketones is 1. The van der Waals surface area contributed by atoms with Crippen LogP contribution in [0.25, 0.3) is 0 Å². The van der Waals surface area contributed by atoms with Crippen molar-refractivity contribution in [1.82, 2.24) is 0 Å². The van der Waals surface area contributed by atoms with Crippen LogP contribution in [0.2, 0.25) is 0 Å². The first-order valence-electron chi connectivity index (χ1n) is 10.6. The number of carboxylic acid groups (broad SMARTS) is 1. The second-order valence-corrected chi connectivity index (χ2v) is 7.79. The maximum Gasteiger partial charge on any atom is 0.331 e. The van der Waals surface area contributed by atoms with Gasteiger partial charge in [-0.05, 0) is 39.0 Å². The van der Waals surface area contributed by atoms with Gasteiger partial charge in [-0.3, -0.25) is 4.79 Å². The standard InChI is InChI=1S/C22H41NO3/c1-4-5-6-7-8-9-10-11-12-13-14-15-16-17-18-19(2)20(24)22(3,23)21(25)26/h11-12,19H,4-10,13-18,23H2,1-3H3,(H,25,26)/b12-11-. The number of rotatable bonds is 17. The van der Waals surface area contributed by atoms with Crippen LogP contribution in [0.3, 0.4) is 0 Å². The number of hydrogen-bond acceptors (Lipinski definition) is 3. The van der Waals surface area contributed by atoms with Crippen LogP contribution in [0, 0.1) is 5.92 Å². The van der Waals surface area contributed by atoms with Crippen molar-refractivity contribution in [1.29, 1.82) is 0 Å². The summed E-state index contributed by atoms with van der Waals surface area (Å²) in [5, 5.41) is 9.00. The Kier molecular flexibility index (Phi) is 14.3. The number of carbonyl (C=O) groups is 2. The highest BCUT2D eigenvalue weighted by atomic mass is 16.4. The van der Waals surface area contributed by atoms with Gasteiger partial charge in [-0.1, -0.05) is 77.4 Å². The predicted molar refractivity (Wildman–Crippen MR) is 109 cm³/mol. The van der Waals surface area contributed by atoms with Gasteiger partial charge in [0.15, 0.2) is 11.3 Å². The molecule has 4 nitrogen and oxygen atoms in total. The van der Waals surface area contributed by atoms with Crippen molar-refractivity contribution < 1.29 is 14.7 Å². The van der Waals surface area contributed by atoms with Gasteiger partial charge in [-0.2, -0.15) is 0 Å². The van der Waals surface area contributed by atoms with Gasteiger partial charge in [-0.25, -0.2) is 4.79 Å². The highest BCUT2D eigenvalue weighted by Gasteiger charge is 2.38. The number of nitrogens with two attached hydrogens (primary N) is 1. The third-order valence-corrected chi connectivity index (χ3v) is 5.05. The summed E-state index contributed by atoms with van der Waals surface area (Å²) in [6.45, 7) is 5.31. The molecule has 0 aromatic heterocycles. The van der Waals surface area contributed by atoms with Crippen LogP contribution < -0.4 is 5.73 Å². The summed E-state index contributed by atoms with van der Waals surface area (Å²) >= 11 is 0. The van der Waals surface area contributed by atoms with Crippen LogP contribution in [0.5, 0.6) is 0 Å². The summed E-state index contributed by atoms with van der Waals surface area (Å²) in [4.78, 5) is 23.1. The molecule has 0 fully saturated rings. The highest BCUT2D eigenvalue weighted by Crippen LogP contribution is 2.17. The van der Waals surface area contributed by atoms with E-state index in [4.69, 9.17) is 10.8 Å². The van der Waals surface area contributed by atoms with Crippen LogP contribution in [-0.2, 0) is 9.59 Å². The lowest BCUT2D eigenvalue weighted by atomic mass is 9.86. The first-order chi connectivity index (χ1) is 12.3. The maximum atomic E-state index is 12.1. The lowest BCUT2D eigenvalue weighted by molar-refractivity contribution is -0.148. The molecule has 0 spiro atoms. The van der Waals surface area contributed by atoms with Crippen LogP contribution in [-0.4, -0.2) is 22.4 Å². The fourth-order valence-corrected chi connectivity index (χ4v) is 3.09. The van der Waals surface area contributed by atoms with Gasteiger partial charge in [-0.15, -0.1) is 0 Å². The summed E-state index contributed by atoms with van der Waals surface area (Å²) in [7, 11) is 0. The zero-order valence-electron chi connectivity index (χ0n) is 17.3. The Hall–Kier alpha value is -1.16. The Bertz CT molecular complexity index is 416. The van der Waals surface area contributed by atoms with E-state index in [1.165, 1.54) is 58.3 Å². The van der Waals surface area contributed by atoms with E-state index in [1.807, 2.05) is 0 Å². The molecule has 0 aliphatic carbocycles. The molecule has 2 atom stereocenters. The highest BCUT2D eigenvalue weighted by molar-refractivity contribution is 6.07. The van der Waals surface area contributed by atoms with Gasteiger partial charge in [0, 0.05) is 5.92 Å². The van der Waals surface area contributed by atoms with Gasteiger partial charge in [0.1, 0.15) is 0 Å². The minimum atomic E-state index is -1.76. The summed E-state index contributed by atoms with van der Waals surface area (Å²) in [6, 6.07) is 0. The molecular formula is C22H41NO3. The van der Waals surface area contributed by atoms with E-state index >= 15 is 0 Å². The molecule has 0 heterocycles. The van der Waals surface area contributed by atoms with Crippen molar-refractivity contribution >= 4 is 11.8 Å². The van der Waals surface area contributed by atoms with Crippen molar-refractivity contribution in [3.05, 3.63) is 12.2 Å². The zero-order valence-corrected chi connectivity index (χ0v) is 17.3. The molecule has 0 aliphatic heterocycles. The molecule has 2 unspecified atom stereocenters. The smallest absolute Gasteiger partial charge is 0.331 e. The van der Waals surface area contributed by atoms with Crippen molar-refractivity contribution in [3.63, 3.8) is 0 Å². The average Bonchev–Trinajstić information content (AvgIpc) is 2.60. The Morgan fingerprint density at radius 2 is 1.38 bits per heavy atom. The SMILES string of the molecule is CCCCCCCC/C=C\CCCCCCC(C)C(=O)C(C)(N)C(=O)O. The molecular weight excluding hydrogens is 326 g/mol. The van der Waals surface area contributed by atoms with E-state index in [0.29, 0.717) is 6.42 Å². The van der Waals surface area contributed by atoms with E-state index in [1.54, 1.807) is 6.92 Å². The number of carbonyl (C=O) groups excluding carboxylic acids is 1. The molecule has 0 radical (unpaired) electrons. The fourth-order valence-electron chi connectivity index (χ4n) is 3.09. The molecule has 0 aromatic carbocycles. The maximum absolute atomic E-state index is 12.1. The number of carboxylic acids is 1. The van der Waals surface area contributed by atoms with E-state index in [2.05, 4.69) is 19.1 Å². The fraction of sp³-hybridized carbons (Fsp3) is 0.818. The molecule has 0 rings (SSSR count). The number of aliphatic carboxylic acids is 1. The van der Waals surface area contributed by atoms with Crippen molar-refractivity contribution in [3.8, 4) is 0 Å². The molecule has 4 heteroatoms. The minimum Gasteiger partial charge on any atom is -0.480 e. The average molecular weight is 368 g/mol. The topological polar surface area (TPSA) is 80.4 Å². The third-order valence-electron chi connectivity index (χ3n) is 5.05. The van der Waals surface area contributed by atoms with E-state index < -0.39 is 11.5 Å². The van der Waals surface area contributed by atoms with Crippen molar-refractivity contribution in [2.75, 3.05) is 0 Å². The van der Waals surface area contributed by atoms with Crippen molar-refractivity contribution in [2.45, 2.75) is 110 Å². The second kappa shape index (κ2) is 15.0. The lowest BCUT2D eigenvalue weighted by Gasteiger charge is -2.21. The monoisotopic (exact) mass is 367 g/mol. The Balaban J connectivity index is 3.57. The predicted octanol–water partition coefficient (Wildman–Crippen LogP) is 5.64. The van der Waals surface area contributed by atoms with Crippen LogP contribution in [0.1, 0.15) is 104 Å². The summed E-state index contributed by atoms with van der Waals surface area (Å²) in [5.41, 5.74) is 3.83. The van der Waals surface area contributed by atoms with Gasteiger partial charge >= 0.3 is 5.97 Å². The number of Topliss-reactive ketones (excluding diaryl/α,β-unsaturated/α-hetero) is 1.